The third-order valence-electron chi connectivity index (χ3n) is 2.21. The van der Waals surface area contributed by atoms with Crippen molar-refractivity contribution in [3.63, 3.8) is 0 Å². The lowest BCUT2D eigenvalue weighted by molar-refractivity contribution is -0.141. The molecule has 0 aliphatic carbocycles. The average Bonchev–Trinajstić information content (AvgIpc) is 2.23. The van der Waals surface area contributed by atoms with E-state index in [4.69, 9.17) is 10.8 Å². The molecule has 0 aliphatic heterocycles. The number of hydrogen-bond acceptors (Lipinski definition) is 3. The van der Waals surface area contributed by atoms with E-state index in [0.717, 1.165) is 12.8 Å². The van der Waals surface area contributed by atoms with Crippen molar-refractivity contribution in [1.82, 2.24) is 10.6 Å². The highest BCUT2D eigenvalue weighted by Gasteiger charge is 2.22. The molecule has 0 fully saturated rings. The molecule has 2 atom stereocenters. The first-order chi connectivity index (χ1) is 7.88. The molecule has 17 heavy (non-hydrogen) atoms. The van der Waals surface area contributed by atoms with Crippen molar-refractivity contribution >= 4 is 17.9 Å². The van der Waals surface area contributed by atoms with Crippen LogP contribution in [0.15, 0.2) is 0 Å². The fourth-order valence-corrected chi connectivity index (χ4v) is 1.22. The molecule has 0 spiro atoms. The normalized spacial score (nSPS) is 13.5. The molecule has 0 bridgehead atoms. The van der Waals surface area contributed by atoms with Gasteiger partial charge in [0.25, 0.3) is 0 Å². The largest absolute Gasteiger partial charge is 0.480 e. The molecule has 7 heteroatoms. The summed E-state index contributed by atoms with van der Waals surface area (Å²) in [5.41, 5.74) is 4.95. The van der Waals surface area contributed by atoms with Crippen LogP contribution < -0.4 is 16.4 Å². The molecule has 7 nitrogen and oxygen atoms in total. The Morgan fingerprint density at radius 2 is 1.88 bits per heavy atom. The number of carboxylic acid groups (broad SMARTS) is 1. The van der Waals surface area contributed by atoms with Crippen LogP contribution in [0.4, 0.5) is 4.79 Å². The molecule has 0 saturated carbocycles. The van der Waals surface area contributed by atoms with Crippen molar-refractivity contribution in [2.24, 2.45) is 5.73 Å². The van der Waals surface area contributed by atoms with Gasteiger partial charge in [-0.1, -0.05) is 19.8 Å². The van der Waals surface area contributed by atoms with E-state index in [9.17, 15) is 14.4 Å². The maximum absolute atomic E-state index is 11.7. The van der Waals surface area contributed by atoms with Gasteiger partial charge in [-0.2, -0.15) is 0 Å². The first kappa shape index (κ1) is 15.2. The third kappa shape index (κ3) is 6.39. The minimum Gasteiger partial charge on any atom is -0.480 e. The summed E-state index contributed by atoms with van der Waals surface area (Å²) in [4.78, 5) is 32.9. The molecule has 0 aromatic carbocycles. The van der Waals surface area contributed by atoms with Gasteiger partial charge < -0.3 is 21.5 Å². The summed E-state index contributed by atoms with van der Waals surface area (Å²) in [6.45, 7) is 3.29. The maximum atomic E-state index is 11.7. The summed E-state index contributed by atoms with van der Waals surface area (Å²) >= 11 is 0. The Bertz CT molecular complexity index is 293. The van der Waals surface area contributed by atoms with Gasteiger partial charge in [0.2, 0.25) is 5.91 Å². The van der Waals surface area contributed by atoms with Crippen molar-refractivity contribution in [1.29, 1.82) is 0 Å². The summed E-state index contributed by atoms with van der Waals surface area (Å²) in [7, 11) is 0. The van der Waals surface area contributed by atoms with E-state index in [1.54, 1.807) is 0 Å². The van der Waals surface area contributed by atoms with Gasteiger partial charge in [-0.15, -0.1) is 0 Å². The van der Waals surface area contributed by atoms with E-state index in [1.165, 1.54) is 6.92 Å². The predicted molar refractivity (Wildman–Crippen MR) is 61.3 cm³/mol. The number of carbonyl (C=O) groups is 3. The van der Waals surface area contributed by atoms with Gasteiger partial charge in [-0.05, 0) is 13.3 Å². The molecule has 0 aromatic rings. The van der Waals surface area contributed by atoms with Crippen molar-refractivity contribution in [3.8, 4) is 0 Å². The van der Waals surface area contributed by atoms with Crippen LogP contribution in [0.2, 0.25) is 0 Å². The zero-order chi connectivity index (χ0) is 13.4. The van der Waals surface area contributed by atoms with Crippen molar-refractivity contribution in [3.05, 3.63) is 0 Å². The van der Waals surface area contributed by atoms with Crippen LogP contribution in [0, 0.1) is 0 Å². The summed E-state index contributed by atoms with van der Waals surface area (Å²) in [6.07, 6.45) is 2.02. The van der Waals surface area contributed by atoms with E-state index in [1.807, 2.05) is 6.92 Å². The minimum absolute atomic E-state index is 0.428. The molecule has 5 N–H and O–H groups in total. The second-order valence-electron chi connectivity index (χ2n) is 3.77. The smallest absolute Gasteiger partial charge is 0.325 e. The highest BCUT2D eigenvalue weighted by Crippen LogP contribution is 2.01. The van der Waals surface area contributed by atoms with E-state index in [0.29, 0.717) is 6.42 Å². The lowest BCUT2D eigenvalue weighted by Crippen LogP contribution is -2.51. The highest BCUT2D eigenvalue weighted by atomic mass is 16.4. The molecule has 0 aliphatic rings. The standard InChI is InChI=1S/C10H19N3O4/c1-3-4-5-7(13-10(11)17)8(14)12-6(2)9(15)16/h6-7H,3-5H2,1-2H3,(H,12,14)(H,15,16)(H3,11,13,17). The number of nitrogens with two attached hydrogens (primary N) is 1. The molecule has 3 amide bonds. The third-order valence-corrected chi connectivity index (χ3v) is 2.21. The summed E-state index contributed by atoms with van der Waals surface area (Å²) in [5, 5.41) is 13.2. The Morgan fingerprint density at radius 1 is 1.29 bits per heavy atom. The Morgan fingerprint density at radius 3 is 2.29 bits per heavy atom. The zero-order valence-corrected chi connectivity index (χ0v) is 10.0. The summed E-state index contributed by atoms with van der Waals surface area (Å²) in [6, 6.07) is -2.58. The number of primary amides is 1. The topological polar surface area (TPSA) is 122 Å². The molecule has 0 rings (SSSR count). The van der Waals surface area contributed by atoms with Crippen LogP contribution in [0.1, 0.15) is 33.1 Å². The lowest BCUT2D eigenvalue weighted by atomic mass is 10.1. The van der Waals surface area contributed by atoms with E-state index in [2.05, 4.69) is 10.6 Å². The predicted octanol–water partition coefficient (Wildman–Crippen LogP) is -0.197. The number of carbonyl (C=O) groups excluding carboxylic acids is 2. The van der Waals surface area contributed by atoms with Gasteiger partial charge in [-0.3, -0.25) is 9.59 Å². The fourth-order valence-electron chi connectivity index (χ4n) is 1.22. The molecular weight excluding hydrogens is 226 g/mol. The number of carboxylic acids is 1. The second kappa shape index (κ2) is 7.48. The Labute approximate surface area is 99.7 Å². The Kier molecular flexibility index (Phi) is 6.69. The van der Waals surface area contributed by atoms with Crippen molar-refractivity contribution < 1.29 is 19.5 Å². The van der Waals surface area contributed by atoms with E-state index < -0.39 is 30.0 Å². The number of hydrogen-bond donors (Lipinski definition) is 4. The van der Waals surface area contributed by atoms with Crippen LogP contribution in [-0.2, 0) is 9.59 Å². The molecule has 0 aromatic heterocycles. The number of unbranched alkanes of at least 4 members (excludes halogenated alkanes) is 1. The minimum atomic E-state index is -1.13. The highest BCUT2D eigenvalue weighted by molar-refractivity contribution is 5.89. The Balaban J connectivity index is 4.40. The van der Waals surface area contributed by atoms with Gasteiger partial charge in [-0.25, -0.2) is 4.79 Å². The quantitative estimate of drug-likeness (QED) is 0.496. The monoisotopic (exact) mass is 245 g/mol. The molecule has 98 valence electrons. The van der Waals surface area contributed by atoms with Crippen LogP contribution in [0.3, 0.4) is 0 Å². The summed E-state index contributed by atoms with van der Waals surface area (Å²) in [5.74, 6) is -1.67. The van der Waals surface area contributed by atoms with Crippen LogP contribution in [0.5, 0.6) is 0 Å². The van der Waals surface area contributed by atoms with Crippen molar-refractivity contribution in [2.75, 3.05) is 0 Å². The number of amides is 3. The van der Waals surface area contributed by atoms with Crippen LogP contribution in [-0.4, -0.2) is 35.1 Å². The molecule has 0 radical (unpaired) electrons. The van der Waals surface area contributed by atoms with Gasteiger partial charge in [0.1, 0.15) is 12.1 Å². The molecule has 0 saturated heterocycles. The summed E-state index contributed by atoms with van der Waals surface area (Å²) < 4.78 is 0. The average molecular weight is 245 g/mol. The first-order valence-electron chi connectivity index (χ1n) is 5.47. The Hall–Kier alpha value is -1.79. The van der Waals surface area contributed by atoms with E-state index >= 15 is 0 Å². The van der Waals surface area contributed by atoms with Gasteiger partial charge >= 0.3 is 12.0 Å². The number of urea groups is 1. The van der Waals surface area contributed by atoms with Gasteiger partial charge in [0.15, 0.2) is 0 Å². The molecule has 2 unspecified atom stereocenters. The molecular formula is C10H19N3O4. The maximum Gasteiger partial charge on any atom is 0.325 e. The number of nitrogens with one attached hydrogen (secondary N) is 2. The van der Waals surface area contributed by atoms with Gasteiger partial charge in [0, 0.05) is 0 Å². The first-order valence-corrected chi connectivity index (χ1v) is 5.47. The lowest BCUT2D eigenvalue weighted by Gasteiger charge is -2.18. The van der Waals surface area contributed by atoms with Crippen LogP contribution in [0.25, 0.3) is 0 Å². The van der Waals surface area contributed by atoms with Crippen molar-refractivity contribution in [2.45, 2.75) is 45.2 Å². The fraction of sp³-hybridized carbons (Fsp3) is 0.700. The van der Waals surface area contributed by atoms with E-state index in [-0.39, 0.29) is 0 Å². The second-order valence-corrected chi connectivity index (χ2v) is 3.77. The SMILES string of the molecule is CCCCC(NC(N)=O)C(=O)NC(C)C(=O)O. The molecule has 0 heterocycles. The van der Waals surface area contributed by atoms with Crippen LogP contribution >= 0.6 is 0 Å². The zero-order valence-electron chi connectivity index (χ0n) is 10.0. The number of rotatable bonds is 7. The number of aliphatic carboxylic acids is 1. The van der Waals surface area contributed by atoms with Gasteiger partial charge in [0.05, 0.1) is 0 Å².